The van der Waals surface area contributed by atoms with Crippen LogP contribution in [0, 0.1) is 0 Å². The highest BCUT2D eigenvalue weighted by Gasteiger charge is 2.20. The number of hydrogen-bond donors (Lipinski definition) is 0. The van der Waals surface area contributed by atoms with E-state index in [1.807, 2.05) is 6.07 Å². The molecule has 3 nitrogen and oxygen atoms in total. The zero-order valence-corrected chi connectivity index (χ0v) is 23.2. The molecule has 0 N–H and O–H groups in total. The number of furan rings is 1. The Kier molecular flexibility index (Phi) is 4.45. The summed E-state index contributed by atoms with van der Waals surface area (Å²) in [6.45, 7) is 0. The topological polar surface area (TPSA) is 23.0 Å². The van der Waals surface area contributed by atoms with Crippen LogP contribution in [0.15, 0.2) is 150 Å². The van der Waals surface area contributed by atoms with Gasteiger partial charge in [-0.3, -0.25) is 0 Å². The van der Waals surface area contributed by atoms with Gasteiger partial charge in [-0.15, -0.1) is 0 Å². The molecule has 0 aliphatic carbocycles. The lowest BCUT2D eigenvalue weighted by molar-refractivity contribution is 0.666. The van der Waals surface area contributed by atoms with Crippen molar-refractivity contribution in [1.82, 2.24) is 9.13 Å². The fourth-order valence-electron chi connectivity index (χ4n) is 7.26. The summed E-state index contributed by atoms with van der Waals surface area (Å²) in [4.78, 5) is 0. The Bertz CT molecular complexity index is 2720. The molecule has 3 heterocycles. The van der Waals surface area contributed by atoms with Crippen LogP contribution in [0.25, 0.3) is 87.7 Å². The third-order valence-electron chi connectivity index (χ3n) is 9.08. The molecule has 0 bridgehead atoms. The summed E-state index contributed by atoms with van der Waals surface area (Å²) in [7, 11) is 0. The van der Waals surface area contributed by atoms with Crippen LogP contribution in [0.5, 0.6) is 0 Å². The van der Waals surface area contributed by atoms with Crippen molar-refractivity contribution in [2.75, 3.05) is 0 Å². The standard InChI is InChI=1S/C40H24N2O/c1-2-11-26(12-3-1)41-34-17-7-5-14-28(34)33-24-32-25(23-37(33)41)21-22-30-27-13-4-8-18-35(27)42(39(30)32)36-19-10-16-31-29-15-6-9-20-38(29)43-40(31)36/h1-24H. The van der Waals surface area contributed by atoms with Gasteiger partial charge in [0.15, 0.2) is 5.58 Å². The summed E-state index contributed by atoms with van der Waals surface area (Å²) >= 11 is 0. The molecular weight excluding hydrogens is 524 g/mol. The van der Waals surface area contributed by atoms with Crippen molar-refractivity contribution in [3.63, 3.8) is 0 Å². The first-order chi connectivity index (χ1) is 21.3. The van der Waals surface area contributed by atoms with E-state index in [1.165, 1.54) is 60.1 Å². The van der Waals surface area contributed by atoms with E-state index >= 15 is 0 Å². The molecule has 0 unspecified atom stereocenters. The highest BCUT2D eigenvalue weighted by molar-refractivity contribution is 6.23. The largest absolute Gasteiger partial charge is 0.454 e. The first kappa shape index (κ1) is 22.8. The number of nitrogens with zero attached hydrogens (tertiary/aromatic N) is 2. The quantitative estimate of drug-likeness (QED) is 0.211. The molecule has 3 aromatic heterocycles. The van der Waals surface area contributed by atoms with E-state index in [1.54, 1.807) is 0 Å². The van der Waals surface area contributed by atoms with Gasteiger partial charge in [-0.25, -0.2) is 0 Å². The van der Waals surface area contributed by atoms with Gasteiger partial charge in [0, 0.05) is 43.4 Å². The zero-order valence-electron chi connectivity index (χ0n) is 23.2. The second-order valence-corrected chi connectivity index (χ2v) is 11.3. The molecule has 3 heteroatoms. The molecule has 200 valence electrons. The molecule has 0 spiro atoms. The minimum atomic E-state index is 0.908. The van der Waals surface area contributed by atoms with Crippen LogP contribution in [0.4, 0.5) is 0 Å². The molecule has 7 aromatic carbocycles. The molecule has 43 heavy (non-hydrogen) atoms. The third-order valence-corrected chi connectivity index (χ3v) is 9.08. The van der Waals surface area contributed by atoms with Crippen LogP contribution in [-0.4, -0.2) is 9.13 Å². The van der Waals surface area contributed by atoms with Gasteiger partial charge in [-0.05, 0) is 53.9 Å². The summed E-state index contributed by atoms with van der Waals surface area (Å²) in [6, 6.07) is 52.3. The number of benzene rings is 7. The van der Waals surface area contributed by atoms with Crippen LogP contribution >= 0.6 is 0 Å². The van der Waals surface area contributed by atoms with Gasteiger partial charge < -0.3 is 13.6 Å². The van der Waals surface area contributed by atoms with E-state index in [9.17, 15) is 0 Å². The van der Waals surface area contributed by atoms with Crippen molar-refractivity contribution in [1.29, 1.82) is 0 Å². The fourth-order valence-corrected chi connectivity index (χ4v) is 7.26. The van der Waals surface area contributed by atoms with Crippen molar-refractivity contribution in [2.45, 2.75) is 0 Å². The minimum absolute atomic E-state index is 0.908. The smallest absolute Gasteiger partial charge is 0.159 e. The van der Waals surface area contributed by atoms with Gasteiger partial charge in [0.05, 0.1) is 27.8 Å². The number of aromatic nitrogens is 2. The molecule has 0 aliphatic rings. The molecule has 0 amide bonds. The average Bonchev–Trinajstić information content (AvgIpc) is 3.72. The molecule has 0 saturated carbocycles. The van der Waals surface area contributed by atoms with E-state index in [0.29, 0.717) is 0 Å². The predicted molar refractivity (Wildman–Crippen MR) is 180 cm³/mol. The number of hydrogen-bond acceptors (Lipinski definition) is 1. The molecule has 0 radical (unpaired) electrons. The van der Waals surface area contributed by atoms with Gasteiger partial charge in [0.25, 0.3) is 0 Å². The highest BCUT2D eigenvalue weighted by atomic mass is 16.3. The molecule has 10 rings (SSSR count). The second kappa shape index (κ2) is 8.37. The maximum Gasteiger partial charge on any atom is 0.159 e. The normalized spacial score (nSPS) is 12.2. The summed E-state index contributed by atoms with van der Waals surface area (Å²) < 4.78 is 11.4. The summed E-state index contributed by atoms with van der Waals surface area (Å²) in [5, 5.41) is 9.68. The number of para-hydroxylation sites is 5. The van der Waals surface area contributed by atoms with E-state index in [-0.39, 0.29) is 0 Å². The molecular formula is C40H24N2O. The first-order valence-electron chi connectivity index (χ1n) is 14.7. The summed E-state index contributed by atoms with van der Waals surface area (Å²) in [6.07, 6.45) is 0. The zero-order chi connectivity index (χ0) is 28.1. The minimum Gasteiger partial charge on any atom is -0.454 e. The van der Waals surface area contributed by atoms with E-state index < -0.39 is 0 Å². The Hall–Kier alpha value is -5.80. The highest BCUT2D eigenvalue weighted by Crippen LogP contribution is 2.42. The molecule has 10 aromatic rings. The van der Waals surface area contributed by atoms with Crippen molar-refractivity contribution >= 4 is 76.3 Å². The van der Waals surface area contributed by atoms with Crippen molar-refractivity contribution in [2.24, 2.45) is 0 Å². The van der Waals surface area contributed by atoms with Gasteiger partial charge in [0.2, 0.25) is 0 Å². The Balaban J connectivity index is 1.40. The van der Waals surface area contributed by atoms with Crippen LogP contribution in [-0.2, 0) is 0 Å². The predicted octanol–water partition coefficient (Wildman–Crippen LogP) is 10.9. The number of fused-ring (bicyclic) bond motifs is 11. The Morgan fingerprint density at radius 2 is 1.07 bits per heavy atom. The average molecular weight is 549 g/mol. The van der Waals surface area contributed by atoms with Crippen molar-refractivity contribution in [3.8, 4) is 11.4 Å². The molecule has 0 aliphatic heterocycles. The maximum absolute atomic E-state index is 6.57. The monoisotopic (exact) mass is 548 g/mol. The Morgan fingerprint density at radius 3 is 1.91 bits per heavy atom. The van der Waals surface area contributed by atoms with Crippen LogP contribution in [0.2, 0.25) is 0 Å². The Labute approximate surface area is 246 Å². The SMILES string of the molecule is c1ccc(-n2c3ccccc3c3cc4c(ccc5c6ccccc6n(-c6cccc7c6oc6ccccc67)c45)cc32)cc1. The molecule has 0 fully saturated rings. The summed E-state index contributed by atoms with van der Waals surface area (Å²) in [5.41, 5.74) is 8.83. The maximum atomic E-state index is 6.57. The van der Waals surface area contributed by atoms with E-state index in [0.717, 1.165) is 27.6 Å². The third kappa shape index (κ3) is 3.03. The lowest BCUT2D eigenvalue weighted by Crippen LogP contribution is -1.95. The molecule has 0 atom stereocenters. The van der Waals surface area contributed by atoms with Crippen LogP contribution in [0.1, 0.15) is 0 Å². The lowest BCUT2D eigenvalue weighted by atomic mass is 10.0. The molecule has 0 saturated heterocycles. The summed E-state index contributed by atoms with van der Waals surface area (Å²) in [5.74, 6) is 0. The van der Waals surface area contributed by atoms with Gasteiger partial charge in [0.1, 0.15) is 5.58 Å². The van der Waals surface area contributed by atoms with E-state index in [4.69, 9.17) is 4.42 Å². The van der Waals surface area contributed by atoms with Crippen molar-refractivity contribution < 1.29 is 4.42 Å². The second-order valence-electron chi connectivity index (χ2n) is 11.3. The fraction of sp³-hybridized carbons (Fsp3) is 0. The van der Waals surface area contributed by atoms with E-state index in [2.05, 4.69) is 149 Å². The van der Waals surface area contributed by atoms with Crippen molar-refractivity contribution in [3.05, 3.63) is 146 Å². The van der Waals surface area contributed by atoms with Gasteiger partial charge >= 0.3 is 0 Å². The lowest BCUT2D eigenvalue weighted by Gasteiger charge is -2.12. The number of rotatable bonds is 2. The van der Waals surface area contributed by atoms with Gasteiger partial charge in [-0.2, -0.15) is 0 Å². The van der Waals surface area contributed by atoms with Gasteiger partial charge in [-0.1, -0.05) is 97.1 Å². The van der Waals surface area contributed by atoms with Crippen LogP contribution < -0.4 is 0 Å². The Morgan fingerprint density at radius 1 is 0.395 bits per heavy atom. The van der Waals surface area contributed by atoms with Crippen LogP contribution in [0.3, 0.4) is 0 Å². The first-order valence-corrected chi connectivity index (χ1v) is 14.7.